The minimum absolute atomic E-state index is 0.338. The number of aromatic nitrogens is 2. The molecule has 0 saturated heterocycles. The molecule has 6 nitrogen and oxygen atoms in total. The Balaban J connectivity index is 1.96. The van der Waals surface area contributed by atoms with Crippen LogP contribution in [-0.2, 0) is 6.54 Å². The van der Waals surface area contributed by atoms with Crippen LogP contribution in [0.3, 0.4) is 0 Å². The molecule has 0 amide bonds. The van der Waals surface area contributed by atoms with E-state index >= 15 is 0 Å². The van der Waals surface area contributed by atoms with Crippen LogP contribution >= 0.6 is 11.8 Å². The zero-order chi connectivity index (χ0) is 19.2. The van der Waals surface area contributed by atoms with Crippen molar-refractivity contribution in [2.24, 2.45) is 5.73 Å². The molecule has 1 aromatic carbocycles. The lowest BCUT2D eigenvalue weighted by atomic mass is 10.2. The Morgan fingerprint density at radius 3 is 2.63 bits per heavy atom. The normalized spacial score (nSPS) is 10.4. The van der Waals surface area contributed by atoms with Crippen molar-refractivity contribution in [2.45, 2.75) is 13.5 Å². The molecule has 0 fully saturated rings. The molecule has 3 aromatic rings. The first-order valence-corrected chi connectivity index (χ1v) is 8.62. The molecule has 0 aliphatic heterocycles. The minimum Gasteiger partial charge on any atom is -0.497 e. The highest BCUT2D eigenvalue weighted by atomic mass is 35.5. The quantitative estimate of drug-likeness (QED) is 0.680. The van der Waals surface area contributed by atoms with E-state index in [0.717, 1.165) is 22.6 Å². The predicted molar refractivity (Wildman–Crippen MR) is 105 cm³/mol. The van der Waals surface area contributed by atoms with Crippen LogP contribution < -0.4 is 15.2 Å². The minimum atomic E-state index is 0.338. The molecule has 0 aliphatic carbocycles. The Labute approximate surface area is 162 Å². The van der Waals surface area contributed by atoms with Gasteiger partial charge in [0.05, 0.1) is 18.5 Å². The Morgan fingerprint density at radius 2 is 1.93 bits per heavy atom. The van der Waals surface area contributed by atoms with E-state index in [1.165, 1.54) is 4.09 Å². The van der Waals surface area contributed by atoms with Crippen LogP contribution in [0.15, 0.2) is 65.5 Å². The highest BCUT2D eigenvalue weighted by Gasteiger charge is 2.12. The number of halogens is 1. The molecule has 27 heavy (non-hydrogen) atoms. The van der Waals surface area contributed by atoms with E-state index in [-0.39, 0.29) is 0 Å². The van der Waals surface area contributed by atoms with Gasteiger partial charge in [0.25, 0.3) is 5.95 Å². The zero-order valence-electron chi connectivity index (χ0n) is 15.1. The standard InChI is InChI=1S/C20H20ClN3O3/c1-14-20(24(21)12-15(11-22)4-3-9-23-14)16-10-19(26-13-16)27-18-7-5-17(25-2)6-8-18/h3-10,12-13H,11,22H2,1-2H3. The van der Waals surface area contributed by atoms with E-state index in [9.17, 15) is 0 Å². The molecule has 2 N–H and O–H groups in total. The number of aryl methyl sites for hydroxylation is 1. The summed E-state index contributed by atoms with van der Waals surface area (Å²) >= 11 is 6.48. The Hall–Kier alpha value is -2.96. The van der Waals surface area contributed by atoms with Crippen LogP contribution in [0.4, 0.5) is 0 Å². The van der Waals surface area contributed by atoms with Gasteiger partial charge in [-0.3, -0.25) is 9.07 Å². The van der Waals surface area contributed by atoms with Gasteiger partial charge in [-0.05, 0) is 42.8 Å². The molecule has 3 rings (SSSR count). The van der Waals surface area contributed by atoms with Crippen molar-refractivity contribution < 1.29 is 13.9 Å². The number of ether oxygens (including phenoxy) is 2. The number of furan rings is 1. The number of hydrogen-bond acceptors (Lipinski definition) is 5. The predicted octanol–water partition coefficient (Wildman–Crippen LogP) is 4.84. The first kappa shape index (κ1) is 18.8. The van der Waals surface area contributed by atoms with E-state index in [2.05, 4.69) is 4.98 Å². The van der Waals surface area contributed by atoms with Gasteiger partial charge in [0.15, 0.2) is 0 Å². The lowest BCUT2D eigenvalue weighted by molar-refractivity contribution is 0.346. The summed E-state index contributed by atoms with van der Waals surface area (Å²) in [5.41, 5.74) is 8.75. The summed E-state index contributed by atoms with van der Waals surface area (Å²) in [6, 6.07) is 12.7. The molecule has 0 spiro atoms. The van der Waals surface area contributed by atoms with E-state index in [0.29, 0.717) is 23.9 Å². The fourth-order valence-corrected chi connectivity index (χ4v) is 2.84. The van der Waals surface area contributed by atoms with Crippen molar-refractivity contribution in [2.75, 3.05) is 7.11 Å². The molecule has 0 bridgehead atoms. The lowest BCUT2D eigenvalue weighted by Crippen LogP contribution is -1.98. The van der Waals surface area contributed by atoms with Gasteiger partial charge in [0.1, 0.15) is 17.8 Å². The van der Waals surface area contributed by atoms with Gasteiger partial charge in [-0.2, -0.15) is 0 Å². The molecule has 0 radical (unpaired) electrons. The van der Waals surface area contributed by atoms with Crippen LogP contribution in [0.1, 0.15) is 11.3 Å². The largest absolute Gasteiger partial charge is 0.497 e. The molecule has 0 aliphatic rings. The summed E-state index contributed by atoms with van der Waals surface area (Å²) in [5, 5.41) is 0. The third-order valence-corrected chi connectivity index (χ3v) is 4.13. The number of methoxy groups -OCH3 is 1. The number of rotatable bonds is 5. The highest BCUT2D eigenvalue weighted by Crippen LogP contribution is 2.31. The van der Waals surface area contributed by atoms with Crippen LogP contribution in [0.5, 0.6) is 17.4 Å². The third-order valence-electron chi connectivity index (χ3n) is 3.86. The van der Waals surface area contributed by atoms with Crippen molar-refractivity contribution in [3.63, 3.8) is 0 Å². The van der Waals surface area contributed by atoms with Crippen LogP contribution in [0.2, 0.25) is 0 Å². The van der Waals surface area contributed by atoms with E-state index < -0.39 is 0 Å². The molecule has 7 heteroatoms. The van der Waals surface area contributed by atoms with Crippen LogP contribution in [0, 0.1) is 6.92 Å². The molecule has 2 aromatic heterocycles. The average Bonchev–Trinajstić information content (AvgIpc) is 3.14. The summed E-state index contributed by atoms with van der Waals surface area (Å²) in [6.45, 7) is 2.23. The Bertz CT molecular complexity index is 963. The highest BCUT2D eigenvalue weighted by molar-refractivity contribution is 6.17. The number of nitrogens with zero attached hydrogens (tertiary/aromatic N) is 2. The number of hydrogen-bond donors (Lipinski definition) is 1. The Morgan fingerprint density at radius 1 is 1.19 bits per heavy atom. The van der Waals surface area contributed by atoms with E-state index in [4.69, 9.17) is 31.4 Å². The molecule has 0 atom stereocenters. The number of nitrogens with two attached hydrogens (primary N) is 1. The SMILES string of the molecule is COc1ccc(Oc2cc(-c3c(C)ncccc(CN)cn3Cl)co2)cc1. The van der Waals surface area contributed by atoms with Gasteiger partial charge in [-0.1, -0.05) is 6.07 Å². The first-order valence-electron chi connectivity index (χ1n) is 8.29. The lowest BCUT2D eigenvalue weighted by Gasteiger charge is -2.05. The fraction of sp³-hybridized carbons (Fsp3) is 0.150. The van der Waals surface area contributed by atoms with Crippen molar-refractivity contribution in [1.82, 2.24) is 9.07 Å². The van der Waals surface area contributed by atoms with E-state index in [1.807, 2.05) is 31.2 Å². The van der Waals surface area contributed by atoms with Crippen LogP contribution in [0.25, 0.3) is 11.3 Å². The van der Waals surface area contributed by atoms with Gasteiger partial charge in [-0.25, -0.2) is 0 Å². The molecule has 0 saturated carbocycles. The van der Waals surface area contributed by atoms with Crippen molar-refractivity contribution >= 4 is 11.8 Å². The third kappa shape index (κ3) is 4.61. The summed E-state index contributed by atoms with van der Waals surface area (Å²) < 4.78 is 17.9. The molecule has 2 heterocycles. The van der Waals surface area contributed by atoms with Gasteiger partial charge in [0, 0.05) is 42.3 Å². The smallest absolute Gasteiger partial charge is 0.290 e. The number of benzene rings is 1. The average molecular weight is 386 g/mol. The second-order valence-corrected chi connectivity index (χ2v) is 6.09. The second kappa shape index (κ2) is 8.62. The summed E-state index contributed by atoms with van der Waals surface area (Å²) in [6.07, 6.45) is 5.02. The van der Waals surface area contributed by atoms with Gasteiger partial charge in [-0.15, -0.1) is 0 Å². The van der Waals surface area contributed by atoms with Gasteiger partial charge < -0.3 is 19.6 Å². The molecule has 140 valence electrons. The van der Waals surface area contributed by atoms with Crippen molar-refractivity contribution in [3.05, 3.63) is 72.4 Å². The summed E-state index contributed by atoms with van der Waals surface area (Å²) in [5.74, 6) is 1.72. The monoisotopic (exact) mass is 385 g/mol. The van der Waals surface area contributed by atoms with Crippen molar-refractivity contribution in [1.29, 1.82) is 0 Å². The zero-order valence-corrected chi connectivity index (χ0v) is 15.8. The van der Waals surface area contributed by atoms with Gasteiger partial charge in [0.2, 0.25) is 0 Å². The maximum absolute atomic E-state index is 6.48. The second-order valence-electron chi connectivity index (χ2n) is 5.72. The molecule has 0 unspecified atom stereocenters. The summed E-state index contributed by atoms with van der Waals surface area (Å²) in [4.78, 5) is 4.40. The molecular formula is C20H20ClN3O3. The van der Waals surface area contributed by atoms with E-state index in [1.54, 1.807) is 44.0 Å². The first-order chi connectivity index (χ1) is 13.1. The maximum Gasteiger partial charge on any atom is 0.290 e. The van der Waals surface area contributed by atoms with Crippen LogP contribution in [-0.4, -0.2) is 16.2 Å². The Kier molecular flexibility index (Phi) is 6.01. The molecular weight excluding hydrogens is 366 g/mol. The fourth-order valence-electron chi connectivity index (χ4n) is 2.50. The van der Waals surface area contributed by atoms with Crippen molar-refractivity contribution in [3.8, 4) is 28.7 Å². The maximum atomic E-state index is 6.48. The topological polar surface area (TPSA) is 75.4 Å². The summed E-state index contributed by atoms with van der Waals surface area (Å²) in [7, 11) is 1.61. The van der Waals surface area contributed by atoms with Gasteiger partial charge >= 0.3 is 0 Å².